The summed E-state index contributed by atoms with van der Waals surface area (Å²) in [6.07, 6.45) is 3.10. The lowest BCUT2D eigenvalue weighted by Crippen LogP contribution is -2.21. The predicted octanol–water partition coefficient (Wildman–Crippen LogP) is -0.302. The van der Waals surface area contributed by atoms with Crippen LogP contribution in [0, 0.1) is 0 Å². The molecule has 1 N–H and O–H groups in total. The number of hydrogen-bond acceptors (Lipinski definition) is 3. The van der Waals surface area contributed by atoms with Gasteiger partial charge >= 0.3 is 6.41 Å². The summed E-state index contributed by atoms with van der Waals surface area (Å²) in [5, 5.41) is 6.18. The van der Waals surface area contributed by atoms with Gasteiger partial charge in [-0.15, -0.1) is 5.10 Å². The summed E-state index contributed by atoms with van der Waals surface area (Å²) in [5.41, 5.74) is 0. The molecule has 0 unspecified atom stereocenters. The lowest BCUT2D eigenvalue weighted by molar-refractivity contribution is 0.551. The number of aromatic nitrogens is 3. The Balaban J connectivity index is 2.73. The molecule has 0 aromatic carbocycles. The standard InChI is InChI=1S/C5H7N4O/c1-2-9(4-10)5-6-3-7-8-5/h3H,2H2,1H3,(H,6,7,8). The van der Waals surface area contributed by atoms with Gasteiger partial charge in [0, 0.05) is 6.54 Å². The quantitative estimate of drug-likeness (QED) is 0.585. The van der Waals surface area contributed by atoms with Crippen LogP contribution in [0.15, 0.2) is 6.33 Å². The van der Waals surface area contributed by atoms with Crippen LogP contribution < -0.4 is 4.90 Å². The van der Waals surface area contributed by atoms with Crippen LogP contribution in [0.3, 0.4) is 0 Å². The Kier molecular flexibility index (Phi) is 1.99. The Hall–Kier alpha value is -1.39. The summed E-state index contributed by atoms with van der Waals surface area (Å²) in [5.74, 6) is 0.359. The Morgan fingerprint density at radius 3 is 3.10 bits per heavy atom. The molecule has 5 nitrogen and oxygen atoms in total. The van der Waals surface area contributed by atoms with Crippen molar-refractivity contribution in [1.29, 1.82) is 0 Å². The van der Waals surface area contributed by atoms with Crippen LogP contribution in [0.4, 0.5) is 5.95 Å². The molecule has 0 aliphatic carbocycles. The Morgan fingerprint density at radius 2 is 2.70 bits per heavy atom. The van der Waals surface area contributed by atoms with Crippen LogP contribution in [0.1, 0.15) is 6.92 Å². The molecule has 0 saturated carbocycles. The number of H-pyrrole nitrogens is 1. The third-order valence-corrected chi connectivity index (χ3v) is 1.07. The molecule has 10 heavy (non-hydrogen) atoms. The van der Waals surface area contributed by atoms with Gasteiger partial charge in [0.2, 0.25) is 0 Å². The molecule has 1 aromatic heterocycles. The number of rotatable bonds is 3. The Labute approximate surface area is 58.1 Å². The number of hydrogen-bond donors (Lipinski definition) is 1. The topological polar surface area (TPSA) is 61.9 Å². The molecule has 1 radical (unpaired) electrons. The van der Waals surface area contributed by atoms with Crippen molar-refractivity contribution in [3.63, 3.8) is 0 Å². The summed E-state index contributed by atoms with van der Waals surface area (Å²) in [4.78, 5) is 15.2. The van der Waals surface area contributed by atoms with Gasteiger partial charge in [-0.3, -0.25) is 14.8 Å². The summed E-state index contributed by atoms with van der Waals surface area (Å²) < 4.78 is 0. The van der Waals surface area contributed by atoms with E-state index in [2.05, 4.69) is 15.2 Å². The van der Waals surface area contributed by atoms with Crippen LogP contribution >= 0.6 is 0 Å². The largest absolute Gasteiger partial charge is 0.319 e. The van der Waals surface area contributed by atoms with E-state index in [-0.39, 0.29) is 0 Å². The van der Waals surface area contributed by atoms with Crippen molar-refractivity contribution in [2.75, 3.05) is 11.4 Å². The van der Waals surface area contributed by atoms with E-state index in [4.69, 9.17) is 0 Å². The van der Waals surface area contributed by atoms with E-state index in [1.165, 1.54) is 11.2 Å². The minimum Gasteiger partial charge on any atom is -0.271 e. The second kappa shape index (κ2) is 2.95. The maximum atomic E-state index is 10.1. The van der Waals surface area contributed by atoms with Gasteiger partial charge in [-0.2, -0.15) is 0 Å². The third-order valence-electron chi connectivity index (χ3n) is 1.07. The number of nitrogens with zero attached hydrogens (tertiary/aromatic N) is 3. The van der Waals surface area contributed by atoms with Crippen LogP contribution in [0.25, 0.3) is 0 Å². The normalized spacial score (nSPS) is 9.30. The van der Waals surface area contributed by atoms with Gasteiger partial charge in [-0.25, -0.2) is 4.98 Å². The van der Waals surface area contributed by atoms with Crippen LogP contribution in [0.5, 0.6) is 0 Å². The lowest BCUT2D eigenvalue weighted by Gasteiger charge is -2.05. The van der Waals surface area contributed by atoms with Gasteiger partial charge in [0.05, 0.1) is 0 Å². The molecule has 1 aromatic rings. The van der Waals surface area contributed by atoms with E-state index in [1.54, 1.807) is 6.41 Å². The van der Waals surface area contributed by atoms with Crippen LogP contribution in [0.2, 0.25) is 0 Å². The summed E-state index contributed by atoms with van der Waals surface area (Å²) in [7, 11) is 0. The van der Waals surface area contributed by atoms with Crippen molar-refractivity contribution in [3.05, 3.63) is 6.33 Å². The van der Waals surface area contributed by atoms with Crippen molar-refractivity contribution < 1.29 is 4.79 Å². The predicted molar refractivity (Wildman–Crippen MR) is 35.1 cm³/mol. The first-order valence-corrected chi connectivity index (χ1v) is 2.89. The highest BCUT2D eigenvalue weighted by Crippen LogP contribution is 1.98. The maximum Gasteiger partial charge on any atom is 0.319 e. The minimum absolute atomic E-state index is 0.359. The van der Waals surface area contributed by atoms with Gasteiger partial charge in [-0.05, 0) is 6.92 Å². The molecule has 53 valence electrons. The molecule has 0 atom stereocenters. The maximum absolute atomic E-state index is 10.1. The highest BCUT2D eigenvalue weighted by atomic mass is 16.1. The van der Waals surface area contributed by atoms with Crippen molar-refractivity contribution in [2.45, 2.75) is 6.92 Å². The summed E-state index contributed by atoms with van der Waals surface area (Å²) in [6, 6.07) is 0. The number of amides is 1. The molecule has 0 spiro atoms. The van der Waals surface area contributed by atoms with Crippen molar-refractivity contribution in [1.82, 2.24) is 15.2 Å². The van der Waals surface area contributed by atoms with E-state index in [0.29, 0.717) is 12.5 Å². The molecule has 0 saturated heterocycles. The number of aromatic amines is 1. The zero-order valence-electron chi connectivity index (χ0n) is 5.53. The van der Waals surface area contributed by atoms with E-state index < -0.39 is 0 Å². The fourth-order valence-corrected chi connectivity index (χ4v) is 0.579. The van der Waals surface area contributed by atoms with Gasteiger partial charge in [0.1, 0.15) is 6.33 Å². The first kappa shape index (κ1) is 6.73. The zero-order valence-corrected chi connectivity index (χ0v) is 5.53. The number of nitrogens with one attached hydrogen (secondary N) is 1. The highest BCUT2D eigenvalue weighted by Gasteiger charge is 2.05. The van der Waals surface area contributed by atoms with Gasteiger partial charge in [-0.1, -0.05) is 0 Å². The SMILES string of the molecule is CCN([C]=O)c1nc[nH]n1. The van der Waals surface area contributed by atoms with Crippen LogP contribution in [-0.2, 0) is 4.79 Å². The van der Waals surface area contributed by atoms with Gasteiger partial charge in [0.25, 0.3) is 5.95 Å². The highest BCUT2D eigenvalue weighted by molar-refractivity contribution is 5.70. The Bertz CT molecular complexity index is 195. The fourth-order valence-electron chi connectivity index (χ4n) is 0.579. The van der Waals surface area contributed by atoms with E-state index in [9.17, 15) is 4.79 Å². The smallest absolute Gasteiger partial charge is 0.271 e. The molecule has 0 fully saturated rings. The molecule has 5 heteroatoms. The van der Waals surface area contributed by atoms with E-state index >= 15 is 0 Å². The average molecular weight is 139 g/mol. The summed E-state index contributed by atoms with van der Waals surface area (Å²) in [6.45, 7) is 2.35. The molecule has 1 heterocycles. The monoisotopic (exact) mass is 139 g/mol. The van der Waals surface area contributed by atoms with Crippen molar-refractivity contribution >= 4 is 12.4 Å². The molecule has 1 rings (SSSR count). The third kappa shape index (κ3) is 1.12. The molecular weight excluding hydrogens is 132 g/mol. The van der Waals surface area contributed by atoms with Gasteiger partial charge in [0.15, 0.2) is 0 Å². The van der Waals surface area contributed by atoms with Crippen LogP contribution in [-0.4, -0.2) is 28.1 Å². The number of anilines is 1. The molecular formula is C5H7N4O. The summed E-state index contributed by atoms with van der Waals surface area (Å²) >= 11 is 0. The lowest BCUT2D eigenvalue weighted by atomic mass is 10.6. The second-order valence-corrected chi connectivity index (χ2v) is 1.63. The molecule has 0 bridgehead atoms. The Morgan fingerprint density at radius 1 is 1.90 bits per heavy atom. The second-order valence-electron chi connectivity index (χ2n) is 1.63. The van der Waals surface area contributed by atoms with Crippen molar-refractivity contribution in [2.24, 2.45) is 0 Å². The fraction of sp³-hybridized carbons (Fsp3) is 0.400. The minimum atomic E-state index is 0.359. The van der Waals surface area contributed by atoms with Gasteiger partial charge < -0.3 is 0 Å². The first-order valence-electron chi connectivity index (χ1n) is 2.89. The molecule has 0 aliphatic rings. The van der Waals surface area contributed by atoms with Crippen molar-refractivity contribution in [3.8, 4) is 0 Å². The molecule has 0 aliphatic heterocycles. The van der Waals surface area contributed by atoms with E-state index in [0.717, 1.165) is 0 Å². The number of carbonyl (C=O) groups excluding carboxylic acids is 1. The first-order chi connectivity index (χ1) is 4.88. The van der Waals surface area contributed by atoms with E-state index in [1.807, 2.05) is 6.92 Å². The average Bonchev–Trinajstić information content (AvgIpc) is 2.43. The zero-order chi connectivity index (χ0) is 7.40. The molecule has 1 amide bonds.